The largest absolute Gasteiger partial charge is 0.248 e. The molecular formula is C12H12FN3. The second kappa shape index (κ2) is 4.70. The Hall–Kier alpha value is -1.97. The Morgan fingerprint density at radius 3 is 3.06 bits per heavy atom. The number of benzene rings is 1. The molecule has 4 heteroatoms. The van der Waals surface area contributed by atoms with Crippen LogP contribution in [0.1, 0.15) is 18.2 Å². The second-order valence-corrected chi connectivity index (χ2v) is 3.47. The van der Waals surface area contributed by atoms with Crippen molar-refractivity contribution in [2.45, 2.75) is 13.5 Å². The topological polar surface area (TPSA) is 30.7 Å². The summed E-state index contributed by atoms with van der Waals surface area (Å²) >= 11 is 0. The van der Waals surface area contributed by atoms with Crippen molar-refractivity contribution in [3.8, 4) is 0 Å². The maximum absolute atomic E-state index is 12.9. The van der Waals surface area contributed by atoms with Crippen LogP contribution in [0.4, 0.5) is 4.39 Å². The van der Waals surface area contributed by atoms with E-state index in [0.717, 1.165) is 11.3 Å². The van der Waals surface area contributed by atoms with E-state index < -0.39 is 0 Å². The van der Waals surface area contributed by atoms with Gasteiger partial charge in [-0.3, -0.25) is 0 Å². The van der Waals surface area contributed by atoms with Crippen molar-refractivity contribution in [1.29, 1.82) is 0 Å². The third-order valence-electron chi connectivity index (χ3n) is 2.13. The number of allylic oxidation sites excluding steroid dienone is 1. The van der Waals surface area contributed by atoms with Crippen molar-refractivity contribution >= 4 is 6.08 Å². The SMILES string of the molecule is C/C=C/c1cn(Cc2cccc(F)c2)nn1. The van der Waals surface area contributed by atoms with E-state index in [1.807, 2.05) is 31.3 Å². The Kier molecular flexibility index (Phi) is 3.10. The first kappa shape index (κ1) is 10.5. The number of hydrogen-bond acceptors (Lipinski definition) is 2. The second-order valence-electron chi connectivity index (χ2n) is 3.47. The monoisotopic (exact) mass is 217 g/mol. The van der Waals surface area contributed by atoms with Crippen molar-refractivity contribution in [1.82, 2.24) is 15.0 Å². The minimum atomic E-state index is -0.230. The standard InChI is InChI=1S/C12H12FN3/c1-2-4-12-9-16(15-14-12)8-10-5-3-6-11(13)7-10/h2-7,9H,8H2,1H3/b4-2+. The average molecular weight is 217 g/mol. The molecule has 1 heterocycles. The highest BCUT2D eigenvalue weighted by Gasteiger charge is 1.99. The van der Waals surface area contributed by atoms with Crippen LogP contribution in [-0.4, -0.2) is 15.0 Å². The van der Waals surface area contributed by atoms with Gasteiger partial charge in [0.15, 0.2) is 0 Å². The summed E-state index contributed by atoms with van der Waals surface area (Å²) in [5.74, 6) is -0.230. The summed E-state index contributed by atoms with van der Waals surface area (Å²) in [6.07, 6.45) is 5.59. The van der Waals surface area contributed by atoms with Crippen LogP contribution < -0.4 is 0 Å². The lowest BCUT2D eigenvalue weighted by molar-refractivity contribution is 0.614. The molecule has 0 bridgehead atoms. The van der Waals surface area contributed by atoms with Crippen molar-refractivity contribution in [2.24, 2.45) is 0 Å². The van der Waals surface area contributed by atoms with Gasteiger partial charge in [0, 0.05) is 0 Å². The van der Waals surface area contributed by atoms with Crippen LogP contribution in [0.15, 0.2) is 36.5 Å². The van der Waals surface area contributed by atoms with Crippen LogP contribution in [0, 0.1) is 5.82 Å². The predicted octanol–water partition coefficient (Wildman–Crippen LogP) is 2.50. The molecule has 0 atom stereocenters. The van der Waals surface area contributed by atoms with Crippen molar-refractivity contribution in [3.63, 3.8) is 0 Å². The average Bonchev–Trinajstić information content (AvgIpc) is 2.66. The van der Waals surface area contributed by atoms with Gasteiger partial charge < -0.3 is 0 Å². The first-order chi connectivity index (χ1) is 7.78. The van der Waals surface area contributed by atoms with Gasteiger partial charge in [-0.1, -0.05) is 23.4 Å². The van der Waals surface area contributed by atoms with Crippen molar-refractivity contribution < 1.29 is 4.39 Å². The van der Waals surface area contributed by atoms with Crippen LogP contribution in [0.2, 0.25) is 0 Å². The molecule has 0 saturated heterocycles. The lowest BCUT2D eigenvalue weighted by Gasteiger charge is -2.00. The summed E-state index contributed by atoms with van der Waals surface area (Å²) in [6, 6.07) is 6.47. The molecule has 0 spiro atoms. The quantitative estimate of drug-likeness (QED) is 0.790. The number of nitrogens with zero attached hydrogens (tertiary/aromatic N) is 3. The minimum Gasteiger partial charge on any atom is -0.248 e. The Balaban J connectivity index is 2.14. The van der Waals surface area contributed by atoms with Crippen LogP contribution in [0.25, 0.3) is 6.08 Å². The van der Waals surface area contributed by atoms with E-state index in [-0.39, 0.29) is 5.82 Å². The molecule has 1 aromatic heterocycles. The molecule has 1 aromatic carbocycles. The molecule has 0 saturated carbocycles. The van der Waals surface area contributed by atoms with Gasteiger partial charge >= 0.3 is 0 Å². The molecule has 0 amide bonds. The fourth-order valence-corrected chi connectivity index (χ4v) is 1.46. The zero-order chi connectivity index (χ0) is 11.4. The summed E-state index contributed by atoms with van der Waals surface area (Å²) < 4.78 is 14.6. The van der Waals surface area contributed by atoms with E-state index in [2.05, 4.69) is 10.3 Å². The van der Waals surface area contributed by atoms with Crippen LogP contribution in [0.5, 0.6) is 0 Å². The third-order valence-corrected chi connectivity index (χ3v) is 2.13. The molecule has 0 aliphatic rings. The van der Waals surface area contributed by atoms with E-state index >= 15 is 0 Å². The summed E-state index contributed by atoms with van der Waals surface area (Å²) in [4.78, 5) is 0. The molecular weight excluding hydrogens is 205 g/mol. The minimum absolute atomic E-state index is 0.230. The Morgan fingerprint density at radius 1 is 1.44 bits per heavy atom. The smallest absolute Gasteiger partial charge is 0.123 e. The molecule has 0 unspecified atom stereocenters. The van der Waals surface area contributed by atoms with E-state index in [1.54, 1.807) is 10.7 Å². The maximum atomic E-state index is 12.9. The van der Waals surface area contributed by atoms with E-state index in [9.17, 15) is 4.39 Å². The van der Waals surface area contributed by atoms with E-state index in [0.29, 0.717) is 6.54 Å². The highest BCUT2D eigenvalue weighted by molar-refractivity contribution is 5.41. The van der Waals surface area contributed by atoms with Crippen LogP contribution in [0.3, 0.4) is 0 Å². The summed E-state index contributed by atoms with van der Waals surface area (Å²) in [6.45, 7) is 2.45. The highest BCUT2D eigenvalue weighted by atomic mass is 19.1. The molecule has 82 valence electrons. The molecule has 0 radical (unpaired) electrons. The third kappa shape index (κ3) is 2.53. The predicted molar refractivity (Wildman–Crippen MR) is 60.2 cm³/mol. The molecule has 3 nitrogen and oxygen atoms in total. The van der Waals surface area contributed by atoms with Gasteiger partial charge in [0.05, 0.1) is 12.7 Å². The van der Waals surface area contributed by atoms with Crippen molar-refractivity contribution in [3.05, 3.63) is 53.6 Å². The van der Waals surface area contributed by atoms with Gasteiger partial charge in [0.2, 0.25) is 0 Å². The van der Waals surface area contributed by atoms with Gasteiger partial charge in [-0.15, -0.1) is 5.10 Å². The summed E-state index contributed by atoms with van der Waals surface area (Å²) in [5, 5.41) is 7.91. The molecule has 2 aromatic rings. The molecule has 0 fully saturated rings. The van der Waals surface area contributed by atoms with Gasteiger partial charge in [-0.25, -0.2) is 9.07 Å². The van der Waals surface area contributed by atoms with Crippen LogP contribution >= 0.6 is 0 Å². The fourth-order valence-electron chi connectivity index (χ4n) is 1.46. The van der Waals surface area contributed by atoms with Gasteiger partial charge in [0.25, 0.3) is 0 Å². The molecule has 0 N–H and O–H groups in total. The van der Waals surface area contributed by atoms with Gasteiger partial charge in [0.1, 0.15) is 11.5 Å². The van der Waals surface area contributed by atoms with E-state index in [1.165, 1.54) is 12.1 Å². The lowest BCUT2D eigenvalue weighted by atomic mass is 10.2. The maximum Gasteiger partial charge on any atom is 0.123 e. The number of hydrogen-bond donors (Lipinski definition) is 0. The van der Waals surface area contributed by atoms with Gasteiger partial charge in [-0.2, -0.15) is 0 Å². The van der Waals surface area contributed by atoms with Crippen molar-refractivity contribution in [2.75, 3.05) is 0 Å². The van der Waals surface area contributed by atoms with E-state index in [4.69, 9.17) is 0 Å². The number of rotatable bonds is 3. The number of aromatic nitrogens is 3. The molecule has 0 aliphatic carbocycles. The first-order valence-corrected chi connectivity index (χ1v) is 5.05. The Morgan fingerprint density at radius 2 is 2.31 bits per heavy atom. The zero-order valence-electron chi connectivity index (χ0n) is 8.97. The zero-order valence-corrected chi connectivity index (χ0v) is 8.97. The summed E-state index contributed by atoms with van der Waals surface area (Å²) in [7, 11) is 0. The van der Waals surface area contributed by atoms with Gasteiger partial charge in [-0.05, 0) is 30.7 Å². The fraction of sp³-hybridized carbons (Fsp3) is 0.167. The molecule has 2 rings (SSSR count). The highest BCUT2D eigenvalue weighted by Crippen LogP contribution is 2.06. The molecule has 16 heavy (non-hydrogen) atoms. The Bertz CT molecular complexity index is 502. The normalized spacial score (nSPS) is 11.1. The summed E-state index contributed by atoms with van der Waals surface area (Å²) in [5.41, 5.74) is 1.68. The molecule has 0 aliphatic heterocycles. The first-order valence-electron chi connectivity index (χ1n) is 5.05. The Labute approximate surface area is 93.2 Å². The van der Waals surface area contributed by atoms with Crippen LogP contribution in [-0.2, 0) is 6.54 Å². The lowest BCUT2D eigenvalue weighted by Crippen LogP contribution is -2.00. The number of halogens is 1.